The molecule has 76 valence electrons. The Morgan fingerprint density at radius 2 is 2.14 bits per heavy atom. The van der Waals surface area contributed by atoms with E-state index >= 15 is 0 Å². The van der Waals surface area contributed by atoms with Gasteiger partial charge >= 0.3 is 5.97 Å². The smallest absolute Gasteiger partial charge is 0.337 e. The first-order valence-electron chi connectivity index (χ1n) is 4.15. The summed E-state index contributed by atoms with van der Waals surface area (Å²) < 4.78 is 0. The van der Waals surface area contributed by atoms with Crippen LogP contribution in [0.25, 0.3) is 0 Å². The number of hydrogen-bond acceptors (Lipinski definition) is 4. The summed E-state index contributed by atoms with van der Waals surface area (Å²) in [7, 11) is 0. The average Bonchev–Trinajstić information content (AvgIpc) is 2.16. The number of carboxylic acid groups (broad SMARTS) is 1. The van der Waals surface area contributed by atoms with E-state index in [1.807, 2.05) is 0 Å². The van der Waals surface area contributed by atoms with Crippen LogP contribution in [0.2, 0.25) is 0 Å². The molecule has 0 aromatic heterocycles. The molecular formula is C9H13N3O2. The molecule has 14 heavy (non-hydrogen) atoms. The lowest BCUT2D eigenvalue weighted by atomic mass is 10.0. The van der Waals surface area contributed by atoms with Crippen molar-refractivity contribution >= 4 is 11.7 Å². The monoisotopic (exact) mass is 195 g/mol. The summed E-state index contributed by atoms with van der Waals surface area (Å²) in [6.07, 6.45) is 0. The number of nitrogens with two attached hydrogens (primary N) is 3. The van der Waals surface area contributed by atoms with Gasteiger partial charge in [-0.3, -0.25) is 0 Å². The number of carboxylic acids is 1. The molecule has 1 aromatic carbocycles. The van der Waals surface area contributed by atoms with Gasteiger partial charge in [-0.25, -0.2) is 4.79 Å². The van der Waals surface area contributed by atoms with Crippen molar-refractivity contribution in [3.05, 3.63) is 29.3 Å². The van der Waals surface area contributed by atoms with Gasteiger partial charge < -0.3 is 22.3 Å². The van der Waals surface area contributed by atoms with E-state index in [0.29, 0.717) is 5.56 Å². The minimum Gasteiger partial charge on any atom is -0.478 e. The van der Waals surface area contributed by atoms with Crippen molar-refractivity contribution in [3.63, 3.8) is 0 Å². The van der Waals surface area contributed by atoms with Gasteiger partial charge in [-0.2, -0.15) is 0 Å². The van der Waals surface area contributed by atoms with Crippen LogP contribution in [0.4, 0.5) is 5.69 Å². The Labute approximate surface area is 81.5 Å². The highest BCUT2D eigenvalue weighted by Gasteiger charge is 2.14. The van der Waals surface area contributed by atoms with E-state index in [9.17, 15) is 4.79 Å². The minimum absolute atomic E-state index is 0.0615. The Balaban J connectivity index is 3.20. The van der Waals surface area contributed by atoms with Crippen LogP contribution in [-0.2, 0) is 0 Å². The number of rotatable bonds is 3. The van der Waals surface area contributed by atoms with Gasteiger partial charge in [-0.1, -0.05) is 12.1 Å². The lowest BCUT2D eigenvalue weighted by molar-refractivity contribution is 0.0698. The average molecular weight is 195 g/mol. The molecule has 1 unspecified atom stereocenters. The first kappa shape index (κ1) is 10.5. The second-order valence-electron chi connectivity index (χ2n) is 2.96. The maximum Gasteiger partial charge on any atom is 0.337 e. The summed E-state index contributed by atoms with van der Waals surface area (Å²) in [4.78, 5) is 10.7. The summed E-state index contributed by atoms with van der Waals surface area (Å²) >= 11 is 0. The largest absolute Gasteiger partial charge is 0.478 e. The van der Waals surface area contributed by atoms with Crippen LogP contribution in [0.15, 0.2) is 18.2 Å². The van der Waals surface area contributed by atoms with Gasteiger partial charge in [0.15, 0.2) is 0 Å². The number of benzene rings is 1. The Morgan fingerprint density at radius 3 is 2.64 bits per heavy atom. The van der Waals surface area contributed by atoms with Gasteiger partial charge in [0, 0.05) is 12.6 Å². The number of carbonyl (C=O) groups is 1. The van der Waals surface area contributed by atoms with E-state index in [-0.39, 0.29) is 17.8 Å². The fourth-order valence-electron chi connectivity index (χ4n) is 1.22. The lowest BCUT2D eigenvalue weighted by Gasteiger charge is -2.13. The van der Waals surface area contributed by atoms with Crippen molar-refractivity contribution in [1.82, 2.24) is 0 Å². The molecule has 0 saturated carbocycles. The SMILES string of the molecule is NCC(N)c1cccc(C(=O)O)c1N. The zero-order valence-electron chi connectivity index (χ0n) is 7.60. The highest BCUT2D eigenvalue weighted by Crippen LogP contribution is 2.21. The fraction of sp³-hybridized carbons (Fsp3) is 0.222. The molecule has 7 N–H and O–H groups in total. The second kappa shape index (κ2) is 4.08. The summed E-state index contributed by atoms with van der Waals surface area (Å²) in [6.45, 7) is 0.229. The van der Waals surface area contributed by atoms with Crippen LogP contribution in [-0.4, -0.2) is 17.6 Å². The van der Waals surface area contributed by atoms with Gasteiger partial charge in [-0.15, -0.1) is 0 Å². The minimum atomic E-state index is -1.06. The summed E-state index contributed by atoms with van der Waals surface area (Å²) in [5.41, 5.74) is 17.5. The van der Waals surface area contributed by atoms with Crippen LogP contribution >= 0.6 is 0 Å². The molecular weight excluding hydrogens is 182 g/mol. The Hall–Kier alpha value is -1.59. The van der Waals surface area contributed by atoms with Crippen molar-refractivity contribution in [1.29, 1.82) is 0 Å². The molecule has 1 rings (SSSR count). The van der Waals surface area contributed by atoms with E-state index in [0.717, 1.165) is 0 Å². The predicted octanol–water partition coefficient (Wildman–Crippen LogP) is -0.0745. The molecule has 0 amide bonds. The molecule has 5 heteroatoms. The maximum atomic E-state index is 10.7. The molecule has 0 spiro atoms. The van der Waals surface area contributed by atoms with E-state index < -0.39 is 12.0 Å². The summed E-state index contributed by atoms with van der Waals surface area (Å²) in [6, 6.07) is 4.29. The predicted molar refractivity (Wildman–Crippen MR) is 53.8 cm³/mol. The third-order valence-corrected chi connectivity index (χ3v) is 2.02. The fourth-order valence-corrected chi connectivity index (χ4v) is 1.22. The maximum absolute atomic E-state index is 10.7. The summed E-state index contributed by atoms with van der Waals surface area (Å²) in [5, 5.41) is 8.79. The van der Waals surface area contributed by atoms with Gasteiger partial charge in [0.1, 0.15) is 0 Å². The van der Waals surface area contributed by atoms with Crippen LogP contribution in [0.3, 0.4) is 0 Å². The lowest BCUT2D eigenvalue weighted by Crippen LogP contribution is -2.22. The number of aromatic carboxylic acids is 1. The number of anilines is 1. The standard InChI is InChI=1S/C9H13N3O2/c10-4-7(11)5-2-1-3-6(8(5)12)9(13)14/h1-3,7H,4,10-12H2,(H,13,14). The normalized spacial score (nSPS) is 12.4. The molecule has 0 bridgehead atoms. The first-order chi connectivity index (χ1) is 6.57. The first-order valence-corrected chi connectivity index (χ1v) is 4.15. The van der Waals surface area contributed by atoms with E-state index in [1.54, 1.807) is 12.1 Å². The van der Waals surface area contributed by atoms with Crippen molar-refractivity contribution in [2.24, 2.45) is 11.5 Å². The van der Waals surface area contributed by atoms with Gasteiger partial charge in [0.05, 0.1) is 11.3 Å². The zero-order valence-corrected chi connectivity index (χ0v) is 7.60. The van der Waals surface area contributed by atoms with Crippen molar-refractivity contribution in [3.8, 4) is 0 Å². The molecule has 1 atom stereocenters. The number of nitrogen functional groups attached to an aromatic ring is 1. The van der Waals surface area contributed by atoms with E-state index in [2.05, 4.69) is 0 Å². The topological polar surface area (TPSA) is 115 Å². The molecule has 0 aliphatic carbocycles. The molecule has 1 aromatic rings. The van der Waals surface area contributed by atoms with Crippen LogP contribution < -0.4 is 17.2 Å². The molecule has 0 saturated heterocycles. The van der Waals surface area contributed by atoms with Crippen molar-refractivity contribution < 1.29 is 9.90 Å². The highest BCUT2D eigenvalue weighted by molar-refractivity contribution is 5.94. The van der Waals surface area contributed by atoms with Crippen molar-refractivity contribution in [2.45, 2.75) is 6.04 Å². The number of para-hydroxylation sites is 1. The van der Waals surface area contributed by atoms with Crippen LogP contribution in [0, 0.1) is 0 Å². The van der Waals surface area contributed by atoms with Gasteiger partial charge in [-0.05, 0) is 11.6 Å². The quantitative estimate of drug-likeness (QED) is 0.504. The van der Waals surface area contributed by atoms with E-state index in [4.69, 9.17) is 22.3 Å². The molecule has 0 radical (unpaired) electrons. The third kappa shape index (κ3) is 1.84. The van der Waals surface area contributed by atoms with Gasteiger partial charge in [0.2, 0.25) is 0 Å². The highest BCUT2D eigenvalue weighted by atomic mass is 16.4. The van der Waals surface area contributed by atoms with E-state index in [1.165, 1.54) is 6.07 Å². The second-order valence-corrected chi connectivity index (χ2v) is 2.96. The zero-order chi connectivity index (χ0) is 10.7. The third-order valence-electron chi connectivity index (χ3n) is 2.02. The molecule has 0 fully saturated rings. The Morgan fingerprint density at radius 1 is 1.50 bits per heavy atom. The molecule has 0 aliphatic heterocycles. The number of hydrogen-bond donors (Lipinski definition) is 4. The Kier molecular flexibility index (Phi) is 3.06. The molecule has 0 aliphatic rings. The molecule has 5 nitrogen and oxygen atoms in total. The Bertz CT molecular complexity index is 352. The van der Waals surface area contributed by atoms with Crippen LogP contribution in [0.1, 0.15) is 22.0 Å². The summed E-state index contributed by atoms with van der Waals surface area (Å²) in [5.74, 6) is -1.06. The van der Waals surface area contributed by atoms with Crippen molar-refractivity contribution in [2.75, 3.05) is 12.3 Å². The van der Waals surface area contributed by atoms with Gasteiger partial charge in [0.25, 0.3) is 0 Å². The molecule has 0 heterocycles. The van der Waals surface area contributed by atoms with Crippen LogP contribution in [0.5, 0.6) is 0 Å².